The third-order valence-corrected chi connectivity index (χ3v) is 5.35. The molecule has 0 saturated heterocycles. The Bertz CT molecular complexity index is 1010. The summed E-state index contributed by atoms with van der Waals surface area (Å²) >= 11 is 0. The van der Waals surface area contributed by atoms with Crippen LogP contribution in [-0.2, 0) is 24.3 Å². The molecule has 0 spiro atoms. The van der Waals surface area contributed by atoms with Gasteiger partial charge in [0.15, 0.2) is 0 Å². The highest BCUT2D eigenvalue weighted by atomic mass is 16.4. The molecule has 140 valence electrons. The molecule has 2 aromatic heterocycles. The maximum atomic E-state index is 11.6. The molecule has 1 aliphatic heterocycles. The van der Waals surface area contributed by atoms with Crippen molar-refractivity contribution in [3.63, 3.8) is 0 Å². The van der Waals surface area contributed by atoms with Gasteiger partial charge in [0.1, 0.15) is 5.52 Å². The van der Waals surface area contributed by atoms with E-state index >= 15 is 0 Å². The average Bonchev–Trinajstić information content (AvgIpc) is 3.10. The summed E-state index contributed by atoms with van der Waals surface area (Å²) in [7, 11) is 0. The van der Waals surface area contributed by atoms with Crippen LogP contribution in [0.5, 0.6) is 0 Å². The average molecular weight is 365 g/mol. The van der Waals surface area contributed by atoms with Gasteiger partial charge in [0.05, 0.1) is 17.6 Å². The molecule has 3 aromatic rings. The Hall–Kier alpha value is -2.80. The van der Waals surface area contributed by atoms with Crippen molar-refractivity contribution < 1.29 is 9.90 Å². The number of nitrogens with zero attached hydrogens (tertiary/aromatic N) is 4. The molecule has 0 saturated carbocycles. The standard InChI is InChI=1S/C20H23N5O2/c1-3-25-18-7-5-14(12(2)20(18)23-24-25)15(10-19(26)27)16-6-4-13-8-9-21-11-17(13)22-16/h4-7,15,21H,3,8-11H2,1-2H3,(H,26,27)/t15-/m0/s1. The number of pyridine rings is 1. The number of carboxylic acid groups (broad SMARTS) is 1. The molecular formula is C20H23N5O2. The van der Waals surface area contributed by atoms with Crippen molar-refractivity contribution in [1.29, 1.82) is 0 Å². The van der Waals surface area contributed by atoms with Crippen molar-refractivity contribution in [1.82, 2.24) is 25.3 Å². The van der Waals surface area contributed by atoms with Crippen LogP contribution >= 0.6 is 0 Å². The van der Waals surface area contributed by atoms with E-state index in [2.05, 4.69) is 21.7 Å². The highest BCUT2D eigenvalue weighted by molar-refractivity contribution is 5.80. The van der Waals surface area contributed by atoms with Crippen LogP contribution < -0.4 is 5.32 Å². The molecule has 7 nitrogen and oxygen atoms in total. The highest BCUT2D eigenvalue weighted by Crippen LogP contribution is 2.33. The second kappa shape index (κ2) is 7.08. The fraction of sp³-hybridized carbons (Fsp3) is 0.400. The molecule has 0 aliphatic carbocycles. The molecule has 2 N–H and O–H groups in total. The molecule has 1 aliphatic rings. The number of aromatic nitrogens is 4. The summed E-state index contributed by atoms with van der Waals surface area (Å²) < 4.78 is 1.85. The highest BCUT2D eigenvalue weighted by Gasteiger charge is 2.24. The molecule has 1 aromatic carbocycles. The van der Waals surface area contributed by atoms with Crippen molar-refractivity contribution in [2.24, 2.45) is 0 Å². The Morgan fingerprint density at radius 1 is 1.33 bits per heavy atom. The third-order valence-electron chi connectivity index (χ3n) is 5.35. The van der Waals surface area contributed by atoms with Gasteiger partial charge in [-0.05, 0) is 55.6 Å². The number of aryl methyl sites for hydroxylation is 2. The van der Waals surface area contributed by atoms with Crippen LogP contribution in [0, 0.1) is 6.92 Å². The third kappa shape index (κ3) is 3.19. The van der Waals surface area contributed by atoms with E-state index in [0.29, 0.717) is 0 Å². The number of benzene rings is 1. The number of carboxylic acids is 1. The maximum absolute atomic E-state index is 11.6. The second-order valence-electron chi connectivity index (χ2n) is 6.97. The maximum Gasteiger partial charge on any atom is 0.304 e. The van der Waals surface area contributed by atoms with Gasteiger partial charge in [-0.2, -0.15) is 0 Å². The quantitative estimate of drug-likeness (QED) is 0.721. The SMILES string of the molecule is CCn1nnc2c(C)c([C@H](CC(=O)O)c3ccc4c(n3)CNCC4)ccc21. The lowest BCUT2D eigenvalue weighted by molar-refractivity contribution is -0.137. The molecule has 0 radical (unpaired) electrons. The molecule has 0 fully saturated rings. The van der Waals surface area contributed by atoms with E-state index in [1.165, 1.54) is 5.56 Å². The molecule has 27 heavy (non-hydrogen) atoms. The lowest BCUT2D eigenvalue weighted by atomic mass is 9.87. The first-order valence-electron chi connectivity index (χ1n) is 9.32. The van der Waals surface area contributed by atoms with Gasteiger partial charge in [-0.25, -0.2) is 4.68 Å². The predicted molar refractivity (Wildman–Crippen MR) is 102 cm³/mol. The van der Waals surface area contributed by atoms with E-state index in [-0.39, 0.29) is 12.3 Å². The van der Waals surface area contributed by atoms with Crippen LogP contribution in [-0.4, -0.2) is 37.6 Å². The second-order valence-corrected chi connectivity index (χ2v) is 6.97. The summed E-state index contributed by atoms with van der Waals surface area (Å²) in [4.78, 5) is 16.4. The van der Waals surface area contributed by atoms with Gasteiger partial charge in [-0.1, -0.05) is 17.3 Å². The Balaban J connectivity index is 1.82. The summed E-state index contributed by atoms with van der Waals surface area (Å²) in [6, 6.07) is 8.05. The zero-order valence-electron chi connectivity index (χ0n) is 15.6. The number of hydrogen-bond donors (Lipinski definition) is 2. The fourth-order valence-electron chi connectivity index (χ4n) is 3.89. The molecule has 0 amide bonds. The van der Waals surface area contributed by atoms with Gasteiger partial charge >= 0.3 is 5.97 Å². The first kappa shape index (κ1) is 17.6. The van der Waals surface area contributed by atoms with E-state index < -0.39 is 5.97 Å². The Labute approximate surface area is 157 Å². The number of rotatable bonds is 5. The van der Waals surface area contributed by atoms with Gasteiger partial charge in [0.2, 0.25) is 0 Å². The number of carbonyl (C=O) groups is 1. The zero-order valence-corrected chi connectivity index (χ0v) is 15.6. The summed E-state index contributed by atoms with van der Waals surface area (Å²) in [5, 5.41) is 21.4. The van der Waals surface area contributed by atoms with Crippen molar-refractivity contribution in [3.8, 4) is 0 Å². The summed E-state index contributed by atoms with van der Waals surface area (Å²) in [5.74, 6) is -1.15. The van der Waals surface area contributed by atoms with E-state index in [9.17, 15) is 9.90 Å². The minimum Gasteiger partial charge on any atom is -0.481 e. The summed E-state index contributed by atoms with van der Waals surface area (Å²) in [6.07, 6.45) is 0.949. The summed E-state index contributed by atoms with van der Waals surface area (Å²) in [6.45, 7) is 6.44. The number of nitrogens with one attached hydrogen (secondary N) is 1. The minimum absolute atomic E-state index is 0.00647. The van der Waals surface area contributed by atoms with Crippen molar-refractivity contribution in [2.75, 3.05) is 6.54 Å². The van der Waals surface area contributed by atoms with Gasteiger partial charge < -0.3 is 10.4 Å². The van der Waals surface area contributed by atoms with Crippen LogP contribution in [0.25, 0.3) is 11.0 Å². The van der Waals surface area contributed by atoms with E-state index in [1.54, 1.807) is 0 Å². The largest absolute Gasteiger partial charge is 0.481 e. The molecular weight excluding hydrogens is 342 g/mol. The molecule has 0 bridgehead atoms. The van der Waals surface area contributed by atoms with E-state index in [4.69, 9.17) is 4.98 Å². The van der Waals surface area contributed by atoms with Crippen LogP contribution in [0.1, 0.15) is 47.3 Å². The number of aliphatic carboxylic acids is 1. The van der Waals surface area contributed by atoms with Gasteiger partial charge in [0, 0.05) is 24.7 Å². The predicted octanol–water partition coefficient (Wildman–Crippen LogP) is 2.41. The Morgan fingerprint density at radius 2 is 2.19 bits per heavy atom. The van der Waals surface area contributed by atoms with Gasteiger partial charge in [0.25, 0.3) is 0 Å². The molecule has 4 rings (SSSR count). The van der Waals surface area contributed by atoms with Gasteiger partial charge in [-0.3, -0.25) is 9.78 Å². The van der Waals surface area contributed by atoms with E-state index in [1.807, 2.05) is 36.7 Å². The topological polar surface area (TPSA) is 92.9 Å². The van der Waals surface area contributed by atoms with Crippen LogP contribution in [0.15, 0.2) is 24.3 Å². The van der Waals surface area contributed by atoms with Gasteiger partial charge in [-0.15, -0.1) is 5.10 Å². The molecule has 3 heterocycles. The van der Waals surface area contributed by atoms with Crippen LogP contribution in [0.3, 0.4) is 0 Å². The Morgan fingerprint density at radius 3 is 2.96 bits per heavy atom. The zero-order chi connectivity index (χ0) is 19.0. The molecule has 7 heteroatoms. The smallest absolute Gasteiger partial charge is 0.304 e. The lowest BCUT2D eigenvalue weighted by Crippen LogP contribution is -2.25. The molecule has 1 atom stereocenters. The van der Waals surface area contributed by atoms with Crippen LogP contribution in [0.2, 0.25) is 0 Å². The minimum atomic E-state index is -0.839. The normalized spacial score (nSPS) is 14.9. The molecule has 0 unspecified atom stereocenters. The number of fused-ring (bicyclic) bond motifs is 2. The lowest BCUT2D eigenvalue weighted by Gasteiger charge is -2.21. The first-order chi connectivity index (χ1) is 13.1. The monoisotopic (exact) mass is 365 g/mol. The summed E-state index contributed by atoms with van der Waals surface area (Å²) in [5.41, 5.74) is 6.76. The van der Waals surface area contributed by atoms with Crippen molar-refractivity contribution in [2.45, 2.75) is 45.7 Å². The fourth-order valence-corrected chi connectivity index (χ4v) is 3.89. The van der Waals surface area contributed by atoms with Crippen molar-refractivity contribution in [3.05, 3.63) is 52.3 Å². The van der Waals surface area contributed by atoms with Crippen LogP contribution in [0.4, 0.5) is 0 Å². The van der Waals surface area contributed by atoms with Crippen molar-refractivity contribution >= 4 is 17.0 Å². The number of hydrogen-bond acceptors (Lipinski definition) is 5. The van der Waals surface area contributed by atoms with E-state index in [0.717, 1.165) is 59.6 Å². The first-order valence-corrected chi connectivity index (χ1v) is 9.32. The Kier molecular flexibility index (Phi) is 4.61.